The molecule has 0 unspecified atom stereocenters. The van der Waals surface area contributed by atoms with Gasteiger partial charge in [0.05, 0.1) is 11.1 Å². The van der Waals surface area contributed by atoms with Gasteiger partial charge in [0.2, 0.25) is 0 Å². The van der Waals surface area contributed by atoms with Gasteiger partial charge in [-0.3, -0.25) is 0 Å². The average Bonchev–Trinajstić information content (AvgIpc) is 2.46. The maximum absolute atomic E-state index is 11.5. The zero-order valence-corrected chi connectivity index (χ0v) is 13.5. The summed E-state index contributed by atoms with van der Waals surface area (Å²) < 4.78 is 0. The SMILES string of the molecule is O=C(OOC(=O)c1ccccc1)c1ccccc1.[K]. The molecule has 19 heavy (non-hydrogen) atoms. The predicted molar refractivity (Wildman–Crippen MR) is 69.5 cm³/mol. The first-order chi connectivity index (χ1) is 8.77. The molecular weight excluding hydrogens is 271 g/mol. The van der Waals surface area contributed by atoms with E-state index in [-0.39, 0.29) is 51.4 Å². The number of hydrogen-bond acceptors (Lipinski definition) is 4. The molecule has 0 aliphatic carbocycles. The summed E-state index contributed by atoms with van der Waals surface area (Å²) in [5.41, 5.74) is 0.636. The molecule has 0 saturated heterocycles. The van der Waals surface area contributed by atoms with E-state index in [0.717, 1.165) is 0 Å². The van der Waals surface area contributed by atoms with Crippen LogP contribution in [0.25, 0.3) is 0 Å². The zero-order chi connectivity index (χ0) is 12.8. The quantitative estimate of drug-likeness (QED) is 0.481. The number of carbonyl (C=O) groups excluding carboxylic acids is 2. The Morgan fingerprint density at radius 1 is 0.632 bits per heavy atom. The van der Waals surface area contributed by atoms with E-state index in [1.54, 1.807) is 60.7 Å². The first-order valence-corrected chi connectivity index (χ1v) is 5.30. The Morgan fingerprint density at radius 3 is 1.26 bits per heavy atom. The molecule has 0 saturated carbocycles. The molecule has 2 aromatic rings. The first-order valence-electron chi connectivity index (χ1n) is 5.30. The summed E-state index contributed by atoms with van der Waals surface area (Å²) in [6, 6.07) is 16.6. The topological polar surface area (TPSA) is 52.6 Å². The summed E-state index contributed by atoms with van der Waals surface area (Å²) in [5, 5.41) is 0. The number of carbonyl (C=O) groups is 2. The average molecular weight is 281 g/mol. The van der Waals surface area contributed by atoms with E-state index in [9.17, 15) is 9.59 Å². The molecule has 2 aromatic carbocycles. The normalized spacial score (nSPS) is 9.05. The van der Waals surface area contributed by atoms with Gasteiger partial charge in [-0.2, -0.15) is 0 Å². The monoisotopic (exact) mass is 281 g/mol. The zero-order valence-electron chi connectivity index (χ0n) is 10.4. The number of benzene rings is 2. The summed E-state index contributed by atoms with van der Waals surface area (Å²) in [5.74, 6) is -1.42. The van der Waals surface area contributed by atoms with Crippen molar-refractivity contribution in [3.05, 3.63) is 71.8 Å². The van der Waals surface area contributed by atoms with Gasteiger partial charge in [-0.25, -0.2) is 19.4 Å². The summed E-state index contributed by atoms with van der Waals surface area (Å²) in [4.78, 5) is 31.9. The smallest absolute Gasteiger partial charge is 0.242 e. The molecule has 0 spiro atoms. The van der Waals surface area contributed by atoms with E-state index in [0.29, 0.717) is 11.1 Å². The minimum atomic E-state index is -0.708. The molecule has 91 valence electrons. The molecular formula is C14H10KO4. The Balaban J connectivity index is 0.00000180. The van der Waals surface area contributed by atoms with Crippen LogP contribution < -0.4 is 0 Å². The van der Waals surface area contributed by atoms with Crippen LogP contribution >= 0.6 is 0 Å². The summed E-state index contributed by atoms with van der Waals surface area (Å²) in [7, 11) is 0. The fourth-order valence-corrected chi connectivity index (χ4v) is 1.32. The maximum atomic E-state index is 11.5. The van der Waals surface area contributed by atoms with Crippen molar-refractivity contribution >= 4 is 63.3 Å². The van der Waals surface area contributed by atoms with Crippen LogP contribution in [0.15, 0.2) is 60.7 Å². The number of hydrogen-bond donors (Lipinski definition) is 0. The van der Waals surface area contributed by atoms with Crippen LogP contribution in [-0.2, 0) is 9.78 Å². The van der Waals surface area contributed by atoms with Gasteiger partial charge in [0.25, 0.3) is 0 Å². The van der Waals surface area contributed by atoms with Crippen LogP contribution in [-0.4, -0.2) is 63.3 Å². The molecule has 0 N–H and O–H groups in total. The van der Waals surface area contributed by atoms with Crippen LogP contribution in [0, 0.1) is 0 Å². The van der Waals surface area contributed by atoms with Crippen molar-refractivity contribution in [2.24, 2.45) is 0 Å². The van der Waals surface area contributed by atoms with Crippen molar-refractivity contribution in [1.82, 2.24) is 0 Å². The third kappa shape index (κ3) is 4.89. The van der Waals surface area contributed by atoms with Crippen LogP contribution in [0.3, 0.4) is 0 Å². The second-order valence-electron chi connectivity index (χ2n) is 3.47. The van der Waals surface area contributed by atoms with Gasteiger partial charge in [0.1, 0.15) is 0 Å². The molecule has 0 aliphatic rings. The Labute approximate surface area is 153 Å². The fourth-order valence-electron chi connectivity index (χ4n) is 1.32. The second kappa shape index (κ2) is 8.24. The van der Waals surface area contributed by atoms with Gasteiger partial charge in [0.15, 0.2) is 0 Å². The molecule has 0 aliphatic heterocycles. The molecule has 0 bridgehead atoms. The standard InChI is InChI=1S/C14H10O4.K/c15-13(11-7-3-1-4-8-11)17-18-14(16)12-9-5-2-6-10-12;/h1-10H;. The van der Waals surface area contributed by atoms with Gasteiger partial charge in [-0.15, -0.1) is 0 Å². The summed E-state index contributed by atoms with van der Waals surface area (Å²) in [6.07, 6.45) is 0. The summed E-state index contributed by atoms with van der Waals surface area (Å²) >= 11 is 0. The molecule has 2 rings (SSSR count). The van der Waals surface area contributed by atoms with Gasteiger partial charge in [-0.1, -0.05) is 36.4 Å². The minimum absolute atomic E-state index is 0. The molecule has 4 nitrogen and oxygen atoms in total. The van der Waals surface area contributed by atoms with Crippen LogP contribution in [0.4, 0.5) is 0 Å². The van der Waals surface area contributed by atoms with Gasteiger partial charge in [-0.05, 0) is 24.3 Å². The summed E-state index contributed by atoms with van der Waals surface area (Å²) in [6.45, 7) is 0. The van der Waals surface area contributed by atoms with Crippen LogP contribution in [0.1, 0.15) is 20.7 Å². The molecule has 0 heterocycles. The van der Waals surface area contributed by atoms with E-state index in [1.807, 2.05) is 0 Å². The van der Waals surface area contributed by atoms with Crippen LogP contribution in [0.2, 0.25) is 0 Å². The van der Waals surface area contributed by atoms with Crippen molar-refractivity contribution in [3.8, 4) is 0 Å². The fraction of sp³-hybridized carbons (Fsp3) is 0. The van der Waals surface area contributed by atoms with E-state index in [1.165, 1.54) is 0 Å². The van der Waals surface area contributed by atoms with Crippen molar-refractivity contribution in [2.45, 2.75) is 0 Å². The van der Waals surface area contributed by atoms with Crippen molar-refractivity contribution in [1.29, 1.82) is 0 Å². The molecule has 1 radical (unpaired) electrons. The van der Waals surface area contributed by atoms with Gasteiger partial charge < -0.3 is 0 Å². The second-order valence-corrected chi connectivity index (χ2v) is 3.47. The van der Waals surface area contributed by atoms with E-state index in [4.69, 9.17) is 0 Å². The van der Waals surface area contributed by atoms with E-state index >= 15 is 0 Å². The Morgan fingerprint density at radius 2 is 0.947 bits per heavy atom. The maximum Gasteiger partial charge on any atom is 0.386 e. The molecule has 0 atom stereocenters. The predicted octanol–water partition coefficient (Wildman–Crippen LogP) is 2.23. The van der Waals surface area contributed by atoms with E-state index in [2.05, 4.69) is 9.78 Å². The van der Waals surface area contributed by atoms with Gasteiger partial charge >= 0.3 is 11.9 Å². The molecule has 0 amide bonds. The largest absolute Gasteiger partial charge is 0.386 e. The van der Waals surface area contributed by atoms with Crippen LogP contribution in [0.5, 0.6) is 0 Å². The molecule has 0 fully saturated rings. The molecule has 0 aromatic heterocycles. The Bertz CT molecular complexity index is 488. The van der Waals surface area contributed by atoms with Crippen molar-refractivity contribution in [3.63, 3.8) is 0 Å². The Hall–Kier alpha value is -0.984. The third-order valence-electron chi connectivity index (χ3n) is 2.21. The number of rotatable bonds is 2. The minimum Gasteiger partial charge on any atom is -0.242 e. The van der Waals surface area contributed by atoms with Crippen molar-refractivity contribution < 1.29 is 19.4 Å². The first kappa shape index (κ1) is 16.1. The Kier molecular flexibility index (Phi) is 6.97. The van der Waals surface area contributed by atoms with E-state index < -0.39 is 11.9 Å². The third-order valence-corrected chi connectivity index (χ3v) is 2.21. The van der Waals surface area contributed by atoms with Gasteiger partial charge in [0, 0.05) is 51.4 Å². The van der Waals surface area contributed by atoms with Crippen molar-refractivity contribution in [2.75, 3.05) is 0 Å². The molecule has 5 heteroatoms.